The van der Waals surface area contributed by atoms with Crippen molar-refractivity contribution in [2.45, 2.75) is 32.2 Å². The van der Waals surface area contributed by atoms with E-state index >= 15 is 0 Å². The molecule has 4 aromatic rings. The van der Waals surface area contributed by atoms with Crippen molar-refractivity contribution >= 4 is 17.2 Å². The average Bonchev–Trinajstić information content (AvgIpc) is 3.56. The fraction of sp³-hybridized carbons (Fsp3) is 0.304. The number of aromatic nitrogens is 4. The van der Waals surface area contributed by atoms with Gasteiger partial charge in [0.2, 0.25) is 0 Å². The predicted octanol–water partition coefficient (Wildman–Crippen LogP) is 4.37. The first-order valence-electron chi connectivity index (χ1n) is 10.4. The molecule has 8 heteroatoms. The van der Waals surface area contributed by atoms with E-state index in [1.165, 1.54) is 6.39 Å². The van der Waals surface area contributed by atoms with Gasteiger partial charge in [-0.15, -0.1) is 11.3 Å². The number of benzene rings is 1. The van der Waals surface area contributed by atoms with E-state index in [2.05, 4.69) is 24.9 Å². The van der Waals surface area contributed by atoms with Gasteiger partial charge in [-0.2, -0.15) is 0 Å². The van der Waals surface area contributed by atoms with Gasteiger partial charge >= 0.3 is 0 Å². The Morgan fingerprint density at radius 2 is 2.00 bits per heavy atom. The summed E-state index contributed by atoms with van der Waals surface area (Å²) in [4.78, 5) is 28.4. The van der Waals surface area contributed by atoms with E-state index in [0.29, 0.717) is 30.5 Å². The molecule has 0 atom stereocenters. The lowest BCUT2D eigenvalue weighted by Crippen LogP contribution is -2.38. The second kappa shape index (κ2) is 8.47. The maximum Gasteiger partial charge on any atom is 0.276 e. The number of nitrogens with zero attached hydrogens (tertiary/aromatic N) is 5. The number of thiazole rings is 1. The van der Waals surface area contributed by atoms with E-state index in [9.17, 15) is 4.79 Å². The molecule has 0 aliphatic carbocycles. The molecule has 1 aliphatic heterocycles. The number of piperidine rings is 1. The standard InChI is InChI=1S/C23H23N5O2S/c1-16-26-19(14-31-16)13-28-12-9-24-22(28)18-7-10-27(11-8-18)23(29)20-21(30-15-25-20)17-5-3-2-4-6-17/h2-6,9,12,14-15,18H,7-8,10-11,13H2,1H3. The second-order valence-electron chi connectivity index (χ2n) is 7.73. The molecule has 0 spiro atoms. The fourth-order valence-corrected chi connectivity index (χ4v) is 4.76. The van der Waals surface area contributed by atoms with Crippen LogP contribution in [-0.4, -0.2) is 43.4 Å². The molecule has 1 aliphatic rings. The SMILES string of the molecule is Cc1nc(Cn2ccnc2C2CCN(C(=O)c3ncoc3-c3ccccc3)CC2)cs1. The zero-order chi connectivity index (χ0) is 21.2. The van der Waals surface area contributed by atoms with Gasteiger partial charge in [0.05, 0.1) is 17.2 Å². The van der Waals surface area contributed by atoms with E-state index < -0.39 is 0 Å². The quantitative estimate of drug-likeness (QED) is 0.467. The highest BCUT2D eigenvalue weighted by atomic mass is 32.1. The Kier molecular flexibility index (Phi) is 5.38. The topological polar surface area (TPSA) is 77.1 Å². The Morgan fingerprint density at radius 1 is 1.19 bits per heavy atom. The molecular weight excluding hydrogens is 410 g/mol. The van der Waals surface area contributed by atoms with Crippen LogP contribution in [0.2, 0.25) is 0 Å². The molecule has 0 unspecified atom stereocenters. The number of amides is 1. The van der Waals surface area contributed by atoms with E-state index in [0.717, 1.165) is 41.5 Å². The first kappa shape index (κ1) is 19.7. The molecule has 158 valence electrons. The highest BCUT2D eigenvalue weighted by molar-refractivity contribution is 7.09. The smallest absolute Gasteiger partial charge is 0.276 e. The van der Waals surface area contributed by atoms with Gasteiger partial charge in [0.1, 0.15) is 5.82 Å². The summed E-state index contributed by atoms with van der Waals surface area (Å²) < 4.78 is 7.72. The Morgan fingerprint density at radius 3 is 2.74 bits per heavy atom. The Bertz CT molecular complexity index is 1170. The summed E-state index contributed by atoms with van der Waals surface area (Å²) >= 11 is 1.67. The third-order valence-electron chi connectivity index (χ3n) is 5.70. The zero-order valence-electron chi connectivity index (χ0n) is 17.3. The van der Waals surface area contributed by atoms with Crippen molar-refractivity contribution in [2.24, 2.45) is 0 Å². The number of aryl methyl sites for hydroxylation is 1. The van der Waals surface area contributed by atoms with E-state index in [1.54, 1.807) is 11.3 Å². The molecule has 3 aromatic heterocycles. The first-order valence-corrected chi connectivity index (χ1v) is 11.3. The zero-order valence-corrected chi connectivity index (χ0v) is 18.1. The molecule has 0 radical (unpaired) electrons. The number of carbonyl (C=O) groups excluding carboxylic acids is 1. The van der Waals surface area contributed by atoms with Crippen molar-refractivity contribution in [3.63, 3.8) is 0 Å². The normalized spacial score (nSPS) is 14.8. The molecule has 1 saturated heterocycles. The molecule has 0 N–H and O–H groups in total. The highest BCUT2D eigenvalue weighted by Crippen LogP contribution is 2.30. The molecule has 1 aromatic carbocycles. The van der Waals surface area contributed by atoms with E-state index in [1.807, 2.05) is 54.5 Å². The average molecular weight is 434 g/mol. The lowest BCUT2D eigenvalue weighted by Gasteiger charge is -2.31. The van der Waals surface area contributed by atoms with Gasteiger partial charge in [0.15, 0.2) is 17.8 Å². The Balaban J connectivity index is 1.26. The van der Waals surface area contributed by atoms with Crippen molar-refractivity contribution in [2.75, 3.05) is 13.1 Å². The fourth-order valence-electron chi connectivity index (χ4n) is 4.15. The van der Waals surface area contributed by atoms with Gasteiger partial charge in [-0.3, -0.25) is 4.79 Å². The molecule has 5 rings (SSSR count). The van der Waals surface area contributed by atoms with Crippen LogP contribution in [0, 0.1) is 6.92 Å². The van der Waals surface area contributed by atoms with Crippen molar-refractivity contribution < 1.29 is 9.21 Å². The minimum absolute atomic E-state index is 0.0765. The molecule has 1 fully saturated rings. The summed E-state index contributed by atoms with van der Waals surface area (Å²) in [5.41, 5.74) is 2.30. The minimum Gasteiger partial charge on any atom is -0.443 e. The van der Waals surface area contributed by atoms with Crippen LogP contribution in [0.15, 0.2) is 58.9 Å². The van der Waals surface area contributed by atoms with Gasteiger partial charge in [0, 0.05) is 42.3 Å². The molecular formula is C23H23N5O2S. The summed E-state index contributed by atoms with van der Waals surface area (Å²) in [5, 5.41) is 3.18. The number of hydrogen-bond donors (Lipinski definition) is 0. The molecule has 4 heterocycles. The van der Waals surface area contributed by atoms with Gasteiger partial charge in [-0.25, -0.2) is 15.0 Å². The lowest BCUT2D eigenvalue weighted by molar-refractivity contribution is 0.0705. The van der Waals surface area contributed by atoms with Crippen molar-refractivity contribution in [1.29, 1.82) is 0 Å². The second-order valence-corrected chi connectivity index (χ2v) is 8.80. The first-order chi connectivity index (χ1) is 15.2. The summed E-state index contributed by atoms with van der Waals surface area (Å²) in [5.74, 6) is 1.85. The lowest BCUT2D eigenvalue weighted by atomic mass is 9.95. The van der Waals surface area contributed by atoms with Crippen LogP contribution in [0.4, 0.5) is 0 Å². The van der Waals surface area contributed by atoms with E-state index in [4.69, 9.17) is 4.42 Å². The molecule has 1 amide bonds. The monoisotopic (exact) mass is 433 g/mol. The number of carbonyl (C=O) groups is 1. The van der Waals surface area contributed by atoms with Crippen LogP contribution in [-0.2, 0) is 6.54 Å². The number of hydrogen-bond acceptors (Lipinski definition) is 6. The van der Waals surface area contributed by atoms with E-state index in [-0.39, 0.29) is 5.91 Å². The summed E-state index contributed by atoms with van der Waals surface area (Å²) in [6.07, 6.45) is 6.96. The van der Waals surface area contributed by atoms with Gasteiger partial charge < -0.3 is 13.9 Å². The maximum atomic E-state index is 13.1. The third kappa shape index (κ3) is 4.03. The van der Waals surface area contributed by atoms with Crippen LogP contribution in [0.1, 0.15) is 45.8 Å². The van der Waals surface area contributed by atoms with Crippen molar-refractivity contribution in [1.82, 2.24) is 24.4 Å². The van der Waals surface area contributed by atoms with Crippen molar-refractivity contribution in [3.8, 4) is 11.3 Å². The maximum absolute atomic E-state index is 13.1. The van der Waals surface area contributed by atoms with Gasteiger partial charge in [-0.05, 0) is 19.8 Å². The predicted molar refractivity (Wildman–Crippen MR) is 118 cm³/mol. The Labute approximate surface area is 184 Å². The largest absolute Gasteiger partial charge is 0.443 e. The van der Waals surface area contributed by atoms with Crippen LogP contribution in [0.5, 0.6) is 0 Å². The summed E-state index contributed by atoms with van der Waals surface area (Å²) in [6, 6.07) is 9.63. The minimum atomic E-state index is -0.0765. The van der Waals surface area contributed by atoms with Crippen molar-refractivity contribution in [3.05, 3.63) is 76.7 Å². The van der Waals surface area contributed by atoms with Crippen LogP contribution in [0.25, 0.3) is 11.3 Å². The summed E-state index contributed by atoms with van der Waals surface area (Å²) in [7, 11) is 0. The van der Waals surface area contributed by atoms with Crippen LogP contribution in [0.3, 0.4) is 0 Å². The number of rotatable bonds is 5. The molecule has 31 heavy (non-hydrogen) atoms. The summed E-state index contributed by atoms with van der Waals surface area (Å²) in [6.45, 7) is 4.10. The van der Waals surface area contributed by atoms with Crippen LogP contribution >= 0.6 is 11.3 Å². The third-order valence-corrected chi connectivity index (χ3v) is 6.52. The highest BCUT2D eigenvalue weighted by Gasteiger charge is 2.30. The van der Waals surface area contributed by atoms with Gasteiger partial charge in [0.25, 0.3) is 5.91 Å². The number of imidazole rings is 1. The molecule has 0 bridgehead atoms. The van der Waals surface area contributed by atoms with Gasteiger partial charge in [-0.1, -0.05) is 30.3 Å². The number of oxazole rings is 1. The molecule has 7 nitrogen and oxygen atoms in total. The number of likely N-dealkylation sites (tertiary alicyclic amines) is 1. The molecule has 0 saturated carbocycles. The Hall–Kier alpha value is -3.26. The van der Waals surface area contributed by atoms with Crippen LogP contribution < -0.4 is 0 Å².